The SMILES string of the molecule is CCN1CCC(CNC(=NC)NCc2ccc(C(=O)N(C)C)cc2)C1. The van der Waals surface area contributed by atoms with Gasteiger partial charge in [-0.1, -0.05) is 19.1 Å². The molecule has 0 radical (unpaired) electrons. The van der Waals surface area contributed by atoms with Gasteiger partial charge in [0.2, 0.25) is 0 Å². The van der Waals surface area contributed by atoms with Crippen LogP contribution in [0.2, 0.25) is 0 Å². The second-order valence-corrected chi connectivity index (χ2v) is 6.75. The second-order valence-electron chi connectivity index (χ2n) is 6.75. The van der Waals surface area contributed by atoms with E-state index >= 15 is 0 Å². The van der Waals surface area contributed by atoms with E-state index in [0.717, 1.165) is 24.6 Å². The maximum atomic E-state index is 11.9. The molecule has 1 atom stereocenters. The highest BCUT2D eigenvalue weighted by Gasteiger charge is 2.20. The first-order chi connectivity index (χ1) is 12.0. The number of aliphatic imine (C=N–C) groups is 1. The van der Waals surface area contributed by atoms with Crippen LogP contribution in [-0.4, -0.2) is 69.0 Å². The molecule has 1 aromatic rings. The van der Waals surface area contributed by atoms with Crippen molar-refractivity contribution in [2.75, 3.05) is 47.3 Å². The summed E-state index contributed by atoms with van der Waals surface area (Å²) in [6.45, 7) is 7.35. The fraction of sp³-hybridized carbons (Fsp3) is 0.579. The van der Waals surface area contributed by atoms with E-state index < -0.39 is 0 Å². The van der Waals surface area contributed by atoms with E-state index in [1.165, 1.54) is 19.5 Å². The van der Waals surface area contributed by atoms with Crippen molar-refractivity contribution in [1.82, 2.24) is 20.4 Å². The number of benzene rings is 1. The van der Waals surface area contributed by atoms with Gasteiger partial charge in [-0.15, -0.1) is 0 Å². The number of nitrogens with zero attached hydrogens (tertiary/aromatic N) is 3. The van der Waals surface area contributed by atoms with Crippen molar-refractivity contribution in [3.63, 3.8) is 0 Å². The molecule has 2 N–H and O–H groups in total. The van der Waals surface area contributed by atoms with Gasteiger partial charge >= 0.3 is 0 Å². The molecule has 1 saturated heterocycles. The Balaban J connectivity index is 1.78. The van der Waals surface area contributed by atoms with Crippen LogP contribution in [0.5, 0.6) is 0 Å². The average molecular weight is 345 g/mol. The summed E-state index contributed by atoms with van der Waals surface area (Å²) in [5.41, 5.74) is 1.83. The number of rotatable bonds is 6. The smallest absolute Gasteiger partial charge is 0.253 e. The van der Waals surface area contributed by atoms with Crippen LogP contribution in [0.4, 0.5) is 0 Å². The minimum absolute atomic E-state index is 0.0228. The van der Waals surface area contributed by atoms with Gasteiger partial charge in [0.15, 0.2) is 5.96 Å². The summed E-state index contributed by atoms with van der Waals surface area (Å²) in [6.07, 6.45) is 1.25. The molecule has 1 aromatic carbocycles. The number of hydrogen-bond acceptors (Lipinski definition) is 3. The van der Waals surface area contributed by atoms with Crippen LogP contribution in [0.1, 0.15) is 29.3 Å². The number of amides is 1. The number of nitrogens with one attached hydrogen (secondary N) is 2. The molecule has 0 aromatic heterocycles. The molecule has 2 rings (SSSR count). The quantitative estimate of drug-likeness (QED) is 0.604. The third kappa shape index (κ3) is 5.74. The van der Waals surface area contributed by atoms with E-state index in [4.69, 9.17) is 0 Å². The molecule has 1 amide bonds. The lowest BCUT2D eigenvalue weighted by atomic mass is 10.1. The Bertz CT molecular complexity index is 582. The van der Waals surface area contributed by atoms with Crippen LogP contribution in [0.25, 0.3) is 0 Å². The van der Waals surface area contributed by atoms with Crippen molar-refractivity contribution in [2.45, 2.75) is 19.9 Å². The zero-order chi connectivity index (χ0) is 18.2. The normalized spacial score (nSPS) is 18.2. The van der Waals surface area contributed by atoms with Crippen molar-refractivity contribution >= 4 is 11.9 Å². The topological polar surface area (TPSA) is 60.0 Å². The number of likely N-dealkylation sites (tertiary alicyclic amines) is 1. The second kappa shape index (κ2) is 9.42. The fourth-order valence-electron chi connectivity index (χ4n) is 3.04. The first-order valence-corrected chi connectivity index (χ1v) is 9.01. The molecule has 1 aliphatic heterocycles. The lowest BCUT2D eigenvalue weighted by molar-refractivity contribution is 0.0827. The van der Waals surface area contributed by atoms with Gasteiger partial charge in [0, 0.05) is 46.3 Å². The van der Waals surface area contributed by atoms with E-state index in [0.29, 0.717) is 18.0 Å². The van der Waals surface area contributed by atoms with Gasteiger partial charge in [-0.05, 0) is 43.1 Å². The van der Waals surface area contributed by atoms with Gasteiger partial charge in [-0.25, -0.2) is 0 Å². The zero-order valence-corrected chi connectivity index (χ0v) is 15.9. The van der Waals surface area contributed by atoms with E-state index in [1.54, 1.807) is 26.0 Å². The molecule has 0 aliphatic carbocycles. The monoisotopic (exact) mass is 345 g/mol. The largest absolute Gasteiger partial charge is 0.356 e. The minimum Gasteiger partial charge on any atom is -0.356 e. The third-order valence-corrected chi connectivity index (χ3v) is 4.67. The van der Waals surface area contributed by atoms with Crippen LogP contribution < -0.4 is 10.6 Å². The Morgan fingerprint density at radius 2 is 2.00 bits per heavy atom. The summed E-state index contributed by atoms with van der Waals surface area (Å²) in [6, 6.07) is 7.70. The molecule has 0 bridgehead atoms. The molecule has 138 valence electrons. The molecule has 1 aliphatic rings. The molecule has 6 heteroatoms. The van der Waals surface area contributed by atoms with Crippen molar-refractivity contribution in [1.29, 1.82) is 0 Å². The van der Waals surface area contributed by atoms with Gasteiger partial charge in [0.05, 0.1) is 0 Å². The fourth-order valence-corrected chi connectivity index (χ4v) is 3.04. The molecular weight excluding hydrogens is 314 g/mol. The average Bonchev–Trinajstić information content (AvgIpc) is 3.09. The molecule has 6 nitrogen and oxygen atoms in total. The van der Waals surface area contributed by atoms with E-state index in [2.05, 4.69) is 27.4 Å². The van der Waals surface area contributed by atoms with E-state index in [-0.39, 0.29) is 5.91 Å². The van der Waals surface area contributed by atoms with E-state index in [1.807, 2.05) is 24.3 Å². The summed E-state index contributed by atoms with van der Waals surface area (Å²) in [5, 5.41) is 6.76. The number of carbonyl (C=O) groups excluding carboxylic acids is 1. The lowest BCUT2D eigenvalue weighted by Crippen LogP contribution is -2.39. The van der Waals surface area contributed by atoms with Gasteiger partial charge in [0.25, 0.3) is 5.91 Å². The number of guanidine groups is 1. The highest BCUT2D eigenvalue weighted by molar-refractivity contribution is 5.93. The summed E-state index contributed by atoms with van der Waals surface area (Å²) in [7, 11) is 5.32. The van der Waals surface area contributed by atoms with Gasteiger partial charge in [-0.2, -0.15) is 0 Å². The van der Waals surface area contributed by atoms with Crippen molar-refractivity contribution in [3.8, 4) is 0 Å². The Kier molecular flexibility index (Phi) is 7.25. The highest BCUT2D eigenvalue weighted by Crippen LogP contribution is 2.14. The maximum absolute atomic E-state index is 11.9. The van der Waals surface area contributed by atoms with E-state index in [9.17, 15) is 4.79 Å². The minimum atomic E-state index is 0.0228. The Morgan fingerprint density at radius 1 is 1.28 bits per heavy atom. The van der Waals surface area contributed by atoms with Gasteiger partial charge in [-0.3, -0.25) is 9.79 Å². The third-order valence-electron chi connectivity index (χ3n) is 4.67. The summed E-state index contributed by atoms with van der Waals surface area (Å²) in [4.78, 5) is 20.3. The molecular formula is C19H31N5O. The van der Waals surface area contributed by atoms with Crippen LogP contribution in [-0.2, 0) is 6.54 Å². The summed E-state index contributed by atoms with van der Waals surface area (Å²) >= 11 is 0. The summed E-state index contributed by atoms with van der Waals surface area (Å²) < 4.78 is 0. The Hall–Kier alpha value is -2.08. The molecule has 1 fully saturated rings. The molecule has 25 heavy (non-hydrogen) atoms. The predicted octanol–water partition coefficient (Wildman–Crippen LogP) is 1.40. The highest BCUT2D eigenvalue weighted by atomic mass is 16.2. The first kappa shape index (κ1) is 19.2. The van der Waals surface area contributed by atoms with Crippen LogP contribution in [0.3, 0.4) is 0 Å². The Morgan fingerprint density at radius 3 is 2.56 bits per heavy atom. The standard InChI is InChI=1S/C19H31N5O/c1-5-24-11-10-16(14-24)13-22-19(20-2)21-12-15-6-8-17(9-7-15)18(25)23(3)4/h6-9,16H,5,10-14H2,1-4H3,(H2,20,21,22). The summed E-state index contributed by atoms with van der Waals surface area (Å²) in [5.74, 6) is 1.54. The predicted molar refractivity (Wildman–Crippen MR) is 103 cm³/mol. The molecule has 0 spiro atoms. The first-order valence-electron chi connectivity index (χ1n) is 9.01. The van der Waals surface area contributed by atoms with Crippen molar-refractivity contribution in [2.24, 2.45) is 10.9 Å². The molecule has 1 unspecified atom stereocenters. The number of hydrogen-bond donors (Lipinski definition) is 2. The van der Waals surface area contributed by atoms with Crippen LogP contribution >= 0.6 is 0 Å². The van der Waals surface area contributed by atoms with Crippen LogP contribution in [0, 0.1) is 5.92 Å². The van der Waals surface area contributed by atoms with Crippen molar-refractivity contribution in [3.05, 3.63) is 35.4 Å². The van der Waals surface area contributed by atoms with Crippen molar-refractivity contribution < 1.29 is 4.79 Å². The van der Waals surface area contributed by atoms with Gasteiger partial charge < -0.3 is 20.4 Å². The Labute approximate surface area is 151 Å². The van der Waals surface area contributed by atoms with Crippen LogP contribution in [0.15, 0.2) is 29.3 Å². The molecule has 0 saturated carbocycles. The number of carbonyl (C=O) groups is 1. The molecule has 1 heterocycles. The maximum Gasteiger partial charge on any atom is 0.253 e. The zero-order valence-electron chi connectivity index (χ0n) is 15.9. The lowest BCUT2D eigenvalue weighted by Gasteiger charge is -2.16. The van der Waals surface area contributed by atoms with Gasteiger partial charge in [0.1, 0.15) is 0 Å².